The Hall–Kier alpha value is -2.53. The Labute approximate surface area is 123 Å². The quantitative estimate of drug-likeness (QED) is 0.778. The molecule has 0 amide bonds. The largest absolute Gasteiger partial charge is 0.306 e. The highest BCUT2D eigenvalue weighted by atomic mass is 15.5. The number of aryl methyl sites for hydroxylation is 1. The van der Waals surface area contributed by atoms with Crippen LogP contribution in [0.4, 0.5) is 0 Å². The van der Waals surface area contributed by atoms with Crippen molar-refractivity contribution in [1.29, 1.82) is 0 Å². The third-order valence-electron chi connectivity index (χ3n) is 3.27. The lowest BCUT2D eigenvalue weighted by Gasteiger charge is -2.06. The van der Waals surface area contributed by atoms with E-state index in [0.717, 1.165) is 18.1 Å². The Morgan fingerprint density at radius 1 is 0.952 bits per heavy atom. The van der Waals surface area contributed by atoms with Crippen LogP contribution in [0.25, 0.3) is 5.69 Å². The molecule has 0 saturated carbocycles. The van der Waals surface area contributed by atoms with Crippen molar-refractivity contribution in [1.82, 2.24) is 25.5 Å². The number of nitrogens with one attached hydrogen (secondary N) is 1. The summed E-state index contributed by atoms with van der Waals surface area (Å²) in [5.74, 6) is 0.799. The topological polar surface area (TPSA) is 55.6 Å². The fourth-order valence-corrected chi connectivity index (χ4v) is 2.11. The van der Waals surface area contributed by atoms with Gasteiger partial charge in [0.2, 0.25) is 0 Å². The smallest absolute Gasteiger partial charge is 0.170 e. The van der Waals surface area contributed by atoms with Gasteiger partial charge >= 0.3 is 0 Å². The molecule has 5 nitrogen and oxygen atoms in total. The monoisotopic (exact) mass is 279 g/mol. The minimum Gasteiger partial charge on any atom is -0.306 e. The minimum absolute atomic E-state index is 0.621. The summed E-state index contributed by atoms with van der Waals surface area (Å²) >= 11 is 0. The molecular weight excluding hydrogens is 262 g/mol. The van der Waals surface area contributed by atoms with Gasteiger partial charge in [-0.05, 0) is 35.0 Å². The van der Waals surface area contributed by atoms with Gasteiger partial charge in [0.05, 0.1) is 12.2 Å². The van der Waals surface area contributed by atoms with Crippen LogP contribution in [0, 0.1) is 6.92 Å². The molecule has 0 unspecified atom stereocenters. The predicted molar refractivity (Wildman–Crippen MR) is 80.9 cm³/mol. The summed E-state index contributed by atoms with van der Waals surface area (Å²) in [5, 5.41) is 15.2. The molecule has 0 spiro atoms. The van der Waals surface area contributed by atoms with Crippen LogP contribution in [0.3, 0.4) is 0 Å². The highest BCUT2D eigenvalue weighted by molar-refractivity contribution is 5.30. The van der Waals surface area contributed by atoms with E-state index in [0.29, 0.717) is 6.54 Å². The van der Waals surface area contributed by atoms with Crippen LogP contribution in [-0.2, 0) is 13.1 Å². The van der Waals surface area contributed by atoms with Crippen LogP contribution in [0.2, 0.25) is 0 Å². The number of tetrazole rings is 1. The van der Waals surface area contributed by atoms with E-state index >= 15 is 0 Å². The van der Waals surface area contributed by atoms with Crippen molar-refractivity contribution in [2.75, 3.05) is 0 Å². The highest BCUT2D eigenvalue weighted by Crippen LogP contribution is 2.07. The second kappa shape index (κ2) is 6.28. The molecule has 0 aliphatic rings. The van der Waals surface area contributed by atoms with Gasteiger partial charge in [-0.3, -0.25) is 0 Å². The Kier molecular flexibility index (Phi) is 4.02. The van der Waals surface area contributed by atoms with Crippen LogP contribution in [0.15, 0.2) is 54.6 Å². The molecule has 0 radical (unpaired) electrons. The zero-order chi connectivity index (χ0) is 14.5. The van der Waals surface area contributed by atoms with Gasteiger partial charge in [0.25, 0.3) is 0 Å². The first-order chi connectivity index (χ1) is 10.3. The third-order valence-corrected chi connectivity index (χ3v) is 3.27. The van der Waals surface area contributed by atoms with E-state index in [1.54, 1.807) is 4.68 Å². The summed E-state index contributed by atoms with van der Waals surface area (Å²) in [6, 6.07) is 18.4. The molecule has 0 bridgehead atoms. The molecule has 1 heterocycles. The van der Waals surface area contributed by atoms with Crippen molar-refractivity contribution in [3.05, 3.63) is 71.5 Å². The summed E-state index contributed by atoms with van der Waals surface area (Å²) in [4.78, 5) is 0. The molecule has 1 aromatic heterocycles. The fraction of sp³-hybridized carbons (Fsp3) is 0.188. The average molecular weight is 279 g/mol. The van der Waals surface area contributed by atoms with Crippen molar-refractivity contribution in [2.24, 2.45) is 0 Å². The summed E-state index contributed by atoms with van der Waals surface area (Å²) in [6.07, 6.45) is 0. The van der Waals surface area contributed by atoms with Gasteiger partial charge in [0, 0.05) is 6.54 Å². The average Bonchev–Trinajstić information content (AvgIpc) is 2.99. The third kappa shape index (κ3) is 3.32. The van der Waals surface area contributed by atoms with Crippen molar-refractivity contribution in [3.8, 4) is 5.69 Å². The number of benzene rings is 2. The van der Waals surface area contributed by atoms with E-state index in [4.69, 9.17) is 0 Å². The Balaban J connectivity index is 1.64. The van der Waals surface area contributed by atoms with Gasteiger partial charge in [-0.2, -0.15) is 4.68 Å². The fourth-order valence-electron chi connectivity index (χ4n) is 2.11. The molecule has 3 aromatic rings. The van der Waals surface area contributed by atoms with E-state index in [9.17, 15) is 0 Å². The van der Waals surface area contributed by atoms with Gasteiger partial charge in [-0.25, -0.2) is 0 Å². The van der Waals surface area contributed by atoms with Crippen molar-refractivity contribution >= 4 is 0 Å². The molecule has 0 aliphatic carbocycles. The summed E-state index contributed by atoms with van der Waals surface area (Å²) in [7, 11) is 0. The van der Waals surface area contributed by atoms with Gasteiger partial charge in [0.15, 0.2) is 5.82 Å². The van der Waals surface area contributed by atoms with Crippen LogP contribution < -0.4 is 5.32 Å². The Morgan fingerprint density at radius 2 is 1.71 bits per heavy atom. The van der Waals surface area contributed by atoms with Gasteiger partial charge in [0.1, 0.15) is 0 Å². The molecule has 0 saturated heterocycles. The molecule has 5 heteroatoms. The summed E-state index contributed by atoms with van der Waals surface area (Å²) < 4.78 is 1.75. The normalized spacial score (nSPS) is 10.7. The molecule has 0 fully saturated rings. The SMILES string of the molecule is Cc1ccc(CNCc2nnnn2-c2ccccc2)cc1. The van der Waals surface area contributed by atoms with Crippen molar-refractivity contribution in [3.63, 3.8) is 0 Å². The van der Waals surface area contributed by atoms with E-state index in [-0.39, 0.29) is 0 Å². The minimum atomic E-state index is 0.621. The lowest BCUT2D eigenvalue weighted by Crippen LogP contribution is -2.16. The second-order valence-electron chi connectivity index (χ2n) is 4.93. The number of para-hydroxylation sites is 1. The Bertz CT molecular complexity index is 688. The lowest BCUT2D eigenvalue weighted by atomic mass is 10.1. The lowest BCUT2D eigenvalue weighted by molar-refractivity contribution is 0.641. The van der Waals surface area contributed by atoms with Crippen LogP contribution in [0.1, 0.15) is 17.0 Å². The Morgan fingerprint density at radius 3 is 2.48 bits per heavy atom. The van der Waals surface area contributed by atoms with E-state index in [1.165, 1.54) is 11.1 Å². The molecule has 1 N–H and O–H groups in total. The first-order valence-corrected chi connectivity index (χ1v) is 6.92. The molecule has 3 rings (SSSR count). The molecule has 0 atom stereocenters. The molecule has 21 heavy (non-hydrogen) atoms. The van der Waals surface area contributed by atoms with E-state index in [2.05, 4.69) is 52.0 Å². The van der Waals surface area contributed by atoms with Crippen molar-refractivity contribution in [2.45, 2.75) is 20.0 Å². The standard InChI is InChI=1S/C16H17N5/c1-13-7-9-14(10-8-13)11-17-12-16-18-19-20-21(16)15-5-3-2-4-6-15/h2-10,17H,11-12H2,1H3. The number of rotatable bonds is 5. The van der Waals surface area contributed by atoms with E-state index in [1.807, 2.05) is 30.3 Å². The van der Waals surface area contributed by atoms with Gasteiger partial charge in [-0.1, -0.05) is 48.0 Å². The predicted octanol–water partition coefficient (Wildman–Crippen LogP) is 2.26. The summed E-state index contributed by atoms with van der Waals surface area (Å²) in [5.41, 5.74) is 3.49. The number of nitrogens with zero attached hydrogens (tertiary/aromatic N) is 4. The van der Waals surface area contributed by atoms with Crippen LogP contribution in [0.5, 0.6) is 0 Å². The number of aromatic nitrogens is 4. The van der Waals surface area contributed by atoms with E-state index < -0.39 is 0 Å². The van der Waals surface area contributed by atoms with Crippen molar-refractivity contribution < 1.29 is 0 Å². The van der Waals surface area contributed by atoms with Crippen LogP contribution in [-0.4, -0.2) is 20.2 Å². The van der Waals surface area contributed by atoms with Gasteiger partial charge < -0.3 is 5.32 Å². The maximum Gasteiger partial charge on any atom is 0.170 e. The molecule has 106 valence electrons. The second-order valence-corrected chi connectivity index (χ2v) is 4.93. The number of hydrogen-bond donors (Lipinski definition) is 1. The molecule has 2 aromatic carbocycles. The first kappa shape index (κ1) is 13.5. The zero-order valence-electron chi connectivity index (χ0n) is 11.9. The first-order valence-electron chi connectivity index (χ1n) is 6.92. The maximum absolute atomic E-state index is 4.08. The zero-order valence-corrected chi connectivity index (χ0v) is 11.9. The van der Waals surface area contributed by atoms with Gasteiger partial charge in [-0.15, -0.1) is 5.10 Å². The molecule has 0 aliphatic heterocycles. The number of hydrogen-bond acceptors (Lipinski definition) is 4. The summed E-state index contributed by atoms with van der Waals surface area (Å²) in [6.45, 7) is 3.50. The molecular formula is C16H17N5. The van der Waals surface area contributed by atoms with Crippen LogP contribution >= 0.6 is 0 Å². The maximum atomic E-state index is 4.08. The highest BCUT2D eigenvalue weighted by Gasteiger charge is 2.07.